The van der Waals surface area contributed by atoms with E-state index < -0.39 is 46.5 Å². The van der Waals surface area contributed by atoms with E-state index in [4.69, 9.17) is 40.5 Å². The van der Waals surface area contributed by atoms with Crippen LogP contribution in [-0.4, -0.2) is 19.7 Å². The molecule has 0 radical (unpaired) electrons. The number of fused-ring (bicyclic) bond motifs is 1. The molecule has 184 valence electrons. The topological polar surface area (TPSA) is 69.6 Å². The molecule has 0 saturated heterocycles. The van der Waals surface area contributed by atoms with Gasteiger partial charge in [-0.2, -0.15) is 26.3 Å². The predicted octanol–water partition coefficient (Wildman–Crippen LogP) is 7.69. The molecule has 0 bridgehead atoms. The summed E-state index contributed by atoms with van der Waals surface area (Å²) in [5, 5.41) is 2.53. The molecular weight excluding hydrogens is 570 g/mol. The quantitative estimate of drug-likeness (QED) is 0.253. The summed E-state index contributed by atoms with van der Waals surface area (Å²) in [5.41, 5.74) is 2.75. The summed E-state index contributed by atoms with van der Waals surface area (Å²) < 4.78 is 93.7. The minimum atomic E-state index is -5.30. The van der Waals surface area contributed by atoms with Crippen LogP contribution in [0.2, 0.25) is 15.1 Å². The van der Waals surface area contributed by atoms with E-state index in [-0.39, 0.29) is 20.8 Å². The van der Waals surface area contributed by atoms with Crippen LogP contribution in [0, 0.1) is 5.82 Å². The van der Waals surface area contributed by atoms with Crippen LogP contribution in [0.1, 0.15) is 11.5 Å². The number of aromatic nitrogens is 4. The molecule has 35 heavy (non-hydrogen) atoms. The smallest absolute Gasteiger partial charge is 0.383 e. The summed E-state index contributed by atoms with van der Waals surface area (Å²) >= 11 is 19.6. The maximum absolute atomic E-state index is 13.5. The Labute approximate surface area is 210 Å². The highest BCUT2D eigenvalue weighted by Gasteiger charge is 2.43. The third kappa shape index (κ3) is 4.95. The zero-order chi connectivity index (χ0) is 25.9. The number of rotatable bonds is 3. The maximum atomic E-state index is 13.5. The molecule has 0 aliphatic rings. The molecule has 4 aromatic rings. The van der Waals surface area contributed by atoms with E-state index in [2.05, 4.69) is 15.1 Å². The van der Waals surface area contributed by atoms with Crippen LogP contribution in [0.15, 0.2) is 40.1 Å². The van der Waals surface area contributed by atoms with Gasteiger partial charge in [-0.25, -0.2) is 19.0 Å². The average molecular weight is 577 g/mol. The zero-order valence-electron chi connectivity index (χ0n) is 16.4. The number of nitrogen functional groups attached to an aromatic ring is 1. The molecule has 0 saturated carbocycles. The molecule has 5 nitrogen and oxygen atoms in total. The molecule has 0 spiro atoms. The van der Waals surface area contributed by atoms with Crippen molar-refractivity contribution in [2.24, 2.45) is 0 Å². The first-order valence-corrected chi connectivity index (χ1v) is 10.9. The Bertz CT molecular complexity index is 1450. The van der Waals surface area contributed by atoms with Crippen LogP contribution >= 0.6 is 46.6 Å². The molecule has 4 rings (SSSR count). The minimum absolute atomic E-state index is 0.104. The van der Waals surface area contributed by atoms with E-state index >= 15 is 0 Å². The highest BCUT2D eigenvalue weighted by molar-refractivity contribution is 7.99. The largest absolute Gasteiger partial charge is 0.451 e. The molecule has 16 heteroatoms. The second-order valence-corrected chi connectivity index (χ2v) is 9.14. The van der Waals surface area contributed by atoms with Crippen molar-refractivity contribution >= 4 is 63.4 Å². The van der Waals surface area contributed by atoms with Crippen molar-refractivity contribution < 1.29 is 30.7 Å². The van der Waals surface area contributed by atoms with Crippen LogP contribution in [-0.2, 0) is 12.4 Å². The highest BCUT2D eigenvalue weighted by atomic mass is 35.5. The van der Waals surface area contributed by atoms with Gasteiger partial charge >= 0.3 is 12.4 Å². The summed E-state index contributed by atoms with van der Waals surface area (Å²) in [6.07, 6.45) is -10.6. The van der Waals surface area contributed by atoms with Crippen molar-refractivity contribution in [2.45, 2.75) is 22.1 Å². The second-order valence-electron chi connectivity index (χ2n) is 6.80. The zero-order valence-corrected chi connectivity index (χ0v) is 19.5. The van der Waals surface area contributed by atoms with Gasteiger partial charge in [-0.15, -0.1) is 5.10 Å². The summed E-state index contributed by atoms with van der Waals surface area (Å²) in [4.78, 5) is 6.57. The van der Waals surface area contributed by atoms with E-state index in [0.717, 1.165) is 17.8 Å². The first-order chi connectivity index (χ1) is 16.2. The average Bonchev–Trinajstić information content (AvgIpc) is 3.04. The molecule has 0 amide bonds. The molecule has 2 aromatic heterocycles. The van der Waals surface area contributed by atoms with E-state index in [9.17, 15) is 30.7 Å². The fraction of sp³-hybridized carbons (Fsp3) is 0.105. The number of halogens is 10. The van der Waals surface area contributed by atoms with Gasteiger partial charge in [0, 0.05) is 9.79 Å². The first-order valence-electron chi connectivity index (χ1n) is 8.99. The van der Waals surface area contributed by atoms with E-state index in [0.29, 0.717) is 14.5 Å². The molecule has 2 aromatic carbocycles. The van der Waals surface area contributed by atoms with Crippen LogP contribution in [0.5, 0.6) is 0 Å². The fourth-order valence-electron chi connectivity index (χ4n) is 3.00. The third-order valence-corrected chi connectivity index (χ3v) is 6.46. The van der Waals surface area contributed by atoms with Gasteiger partial charge < -0.3 is 5.73 Å². The van der Waals surface area contributed by atoms with Crippen LogP contribution in [0.25, 0.3) is 16.7 Å². The van der Waals surface area contributed by atoms with Gasteiger partial charge in [-0.05, 0) is 30.3 Å². The van der Waals surface area contributed by atoms with Gasteiger partial charge in [0.05, 0.1) is 20.5 Å². The monoisotopic (exact) mass is 575 g/mol. The predicted molar refractivity (Wildman–Crippen MR) is 117 cm³/mol. The minimum Gasteiger partial charge on any atom is -0.383 e. The molecule has 2 heterocycles. The normalized spacial score (nSPS) is 12.5. The van der Waals surface area contributed by atoms with E-state index in [1.165, 1.54) is 24.3 Å². The van der Waals surface area contributed by atoms with Crippen LogP contribution in [0.3, 0.4) is 0 Å². The lowest BCUT2D eigenvalue weighted by atomic mass is 10.2. The number of alkyl halides is 6. The Morgan fingerprint density at radius 2 is 1.49 bits per heavy atom. The number of nitrogens with two attached hydrogens (primary N) is 1. The first kappa shape index (κ1) is 25.6. The Hall–Kier alpha value is -2.48. The van der Waals surface area contributed by atoms with Crippen molar-refractivity contribution in [2.75, 3.05) is 5.73 Å². The Balaban J connectivity index is 1.87. The van der Waals surface area contributed by atoms with Gasteiger partial charge in [0.1, 0.15) is 17.3 Å². The van der Waals surface area contributed by atoms with Crippen molar-refractivity contribution in [1.82, 2.24) is 19.7 Å². The molecule has 0 fully saturated rings. The van der Waals surface area contributed by atoms with E-state index in [1.807, 2.05) is 0 Å². The summed E-state index contributed by atoms with van der Waals surface area (Å²) in [7, 11) is 0. The lowest BCUT2D eigenvalue weighted by Gasteiger charge is -2.12. The number of benzene rings is 2. The Morgan fingerprint density at radius 3 is 2.03 bits per heavy atom. The molecule has 0 aliphatic carbocycles. The molecule has 0 unspecified atom stereocenters. The van der Waals surface area contributed by atoms with Crippen LogP contribution < -0.4 is 5.73 Å². The van der Waals surface area contributed by atoms with Crippen molar-refractivity contribution in [3.63, 3.8) is 0 Å². The Kier molecular flexibility index (Phi) is 6.49. The lowest BCUT2D eigenvalue weighted by molar-refractivity contribution is -0.151. The number of hydrogen-bond acceptors (Lipinski definition) is 5. The van der Waals surface area contributed by atoms with Crippen LogP contribution in [0.4, 0.5) is 36.6 Å². The second kappa shape index (κ2) is 8.87. The molecule has 2 N–H and O–H groups in total. The molecular formula is C19H7Cl3F7N5S. The SMILES string of the molecule is Nc1c2c(C(F)(F)F)nc(C(F)(F)F)nc2nn1-c1c(Cl)cc(Sc2ccc(F)cc2Cl)cc1Cl. The maximum Gasteiger partial charge on any atom is 0.451 e. The van der Waals surface area contributed by atoms with Gasteiger partial charge in [0.25, 0.3) is 0 Å². The molecule has 0 atom stereocenters. The number of hydrogen-bond donors (Lipinski definition) is 1. The summed E-state index contributed by atoms with van der Waals surface area (Å²) in [5.74, 6) is -3.32. The fourth-order valence-corrected chi connectivity index (χ4v) is 4.96. The Morgan fingerprint density at radius 1 is 0.857 bits per heavy atom. The lowest BCUT2D eigenvalue weighted by Crippen LogP contribution is -2.17. The van der Waals surface area contributed by atoms with Gasteiger partial charge in [-0.3, -0.25) is 0 Å². The highest BCUT2D eigenvalue weighted by Crippen LogP contribution is 2.42. The van der Waals surface area contributed by atoms with Gasteiger partial charge in [0.15, 0.2) is 11.3 Å². The van der Waals surface area contributed by atoms with Crippen molar-refractivity contribution in [3.05, 3.63) is 62.7 Å². The standard InChI is InChI=1S/C19H7Cl3F7N5S/c20-8-3-6(23)1-2-11(8)35-7-4-9(21)13(10(22)5-7)34-15(30)12-14(18(24,25)26)31-17(19(27,28)29)32-16(12)33-34/h1-5H,30H2. The number of nitrogens with zero attached hydrogens (tertiary/aromatic N) is 4. The van der Waals surface area contributed by atoms with Gasteiger partial charge in [-0.1, -0.05) is 46.6 Å². The summed E-state index contributed by atoms with van der Waals surface area (Å²) in [6, 6.07) is 6.36. The van der Waals surface area contributed by atoms with Gasteiger partial charge in [0.2, 0.25) is 5.82 Å². The van der Waals surface area contributed by atoms with Crippen molar-refractivity contribution in [1.29, 1.82) is 0 Å². The van der Waals surface area contributed by atoms with E-state index in [1.54, 1.807) is 0 Å². The third-order valence-electron chi connectivity index (χ3n) is 4.41. The van der Waals surface area contributed by atoms with Crippen molar-refractivity contribution in [3.8, 4) is 5.69 Å². The number of anilines is 1. The summed E-state index contributed by atoms with van der Waals surface area (Å²) in [6.45, 7) is 0. The molecule has 0 aliphatic heterocycles.